The molecule has 1 aromatic rings. The van der Waals surface area contributed by atoms with Crippen LogP contribution in [0.25, 0.3) is 0 Å². The first-order chi connectivity index (χ1) is 9.41. The number of carbonyl (C=O) groups excluding carboxylic acids is 1. The normalized spacial score (nSPS) is 18.2. The Balaban J connectivity index is 2.19. The fourth-order valence-electron chi connectivity index (χ4n) is 2.49. The van der Waals surface area contributed by atoms with Gasteiger partial charge in [-0.15, -0.1) is 0 Å². The Kier molecular flexibility index (Phi) is 4.08. The summed E-state index contributed by atoms with van der Waals surface area (Å²) in [6, 6.07) is -0.156. The van der Waals surface area contributed by atoms with Gasteiger partial charge in [0.1, 0.15) is 0 Å². The topological polar surface area (TPSA) is 76.3 Å². The van der Waals surface area contributed by atoms with E-state index < -0.39 is 0 Å². The first-order valence-corrected chi connectivity index (χ1v) is 6.65. The lowest BCUT2D eigenvalue weighted by molar-refractivity contribution is -0.132. The predicted molar refractivity (Wildman–Crippen MR) is 74.4 cm³/mol. The third-order valence-electron chi connectivity index (χ3n) is 3.66. The summed E-state index contributed by atoms with van der Waals surface area (Å²) in [4.78, 5) is 37.3. The van der Waals surface area contributed by atoms with Crippen LogP contribution in [-0.4, -0.2) is 39.6 Å². The van der Waals surface area contributed by atoms with Crippen LogP contribution in [0.1, 0.15) is 18.4 Å². The van der Waals surface area contributed by atoms with Gasteiger partial charge in [0.05, 0.1) is 18.2 Å². The molecular formula is C13H20N4O3. The first-order valence-electron chi connectivity index (χ1n) is 6.65. The Hall–Kier alpha value is -1.89. The number of nitrogens with zero attached hydrogens (tertiary/aromatic N) is 3. The Labute approximate surface area is 116 Å². The number of rotatable bonds is 3. The van der Waals surface area contributed by atoms with E-state index in [-0.39, 0.29) is 29.7 Å². The molecule has 1 aliphatic rings. The zero-order valence-corrected chi connectivity index (χ0v) is 12.0. The SMILES string of the molecule is CN(Cc1cn(C)c(=O)n(C)c1=O)C(=O)[C@@H]1CCCN1. The molecule has 0 aromatic carbocycles. The van der Waals surface area contributed by atoms with Crippen molar-refractivity contribution in [1.82, 2.24) is 19.4 Å². The molecule has 1 aromatic heterocycles. The van der Waals surface area contributed by atoms with Gasteiger partial charge in [0.2, 0.25) is 5.91 Å². The van der Waals surface area contributed by atoms with Gasteiger partial charge < -0.3 is 14.8 Å². The zero-order chi connectivity index (χ0) is 14.9. The molecule has 0 spiro atoms. The van der Waals surface area contributed by atoms with Crippen LogP contribution < -0.4 is 16.6 Å². The van der Waals surface area contributed by atoms with E-state index in [1.54, 1.807) is 14.1 Å². The van der Waals surface area contributed by atoms with E-state index in [0.29, 0.717) is 5.56 Å². The number of aryl methyl sites for hydroxylation is 1. The van der Waals surface area contributed by atoms with E-state index in [1.165, 1.54) is 22.7 Å². The molecule has 0 aliphatic carbocycles. The summed E-state index contributed by atoms with van der Waals surface area (Å²) in [6.07, 6.45) is 3.32. The second-order valence-corrected chi connectivity index (χ2v) is 5.26. The van der Waals surface area contributed by atoms with Crippen LogP contribution in [-0.2, 0) is 25.4 Å². The van der Waals surface area contributed by atoms with Crippen molar-refractivity contribution in [3.8, 4) is 0 Å². The maximum Gasteiger partial charge on any atom is 0.330 e. The van der Waals surface area contributed by atoms with E-state index in [9.17, 15) is 14.4 Å². The van der Waals surface area contributed by atoms with Gasteiger partial charge in [0.25, 0.3) is 5.56 Å². The van der Waals surface area contributed by atoms with Gasteiger partial charge in [-0.3, -0.25) is 14.2 Å². The zero-order valence-electron chi connectivity index (χ0n) is 12.0. The molecule has 1 N–H and O–H groups in total. The molecule has 2 rings (SSSR count). The largest absolute Gasteiger partial charge is 0.340 e. The predicted octanol–water partition coefficient (Wildman–Crippen LogP) is -1.21. The fraction of sp³-hybridized carbons (Fsp3) is 0.615. The lowest BCUT2D eigenvalue weighted by Gasteiger charge is -2.21. The molecule has 1 saturated heterocycles. The Morgan fingerprint density at radius 2 is 2.15 bits per heavy atom. The van der Waals surface area contributed by atoms with E-state index in [1.807, 2.05) is 0 Å². The average molecular weight is 280 g/mol. The van der Waals surface area contributed by atoms with Crippen molar-refractivity contribution in [3.05, 3.63) is 32.6 Å². The summed E-state index contributed by atoms with van der Waals surface area (Å²) in [6.45, 7) is 1.06. The molecule has 0 bridgehead atoms. The third-order valence-corrected chi connectivity index (χ3v) is 3.66. The Bertz CT molecular complexity index is 625. The molecule has 2 heterocycles. The summed E-state index contributed by atoms with van der Waals surface area (Å²) in [7, 11) is 4.70. The number of hydrogen-bond acceptors (Lipinski definition) is 4. The van der Waals surface area contributed by atoms with Gasteiger partial charge in [0.15, 0.2) is 0 Å². The minimum atomic E-state index is -0.370. The van der Waals surface area contributed by atoms with Gasteiger partial charge in [-0.25, -0.2) is 4.79 Å². The minimum absolute atomic E-state index is 0.0154. The molecule has 0 saturated carbocycles. The molecule has 1 atom stereocenters. The molecular weight excluding hydrogens is 260 g/mol. The van der Waals surface area contributed by atoms with Crippen LogP contribution >= 0.6 is 0 Å². The maximum absolute atomic E-state index is 12.2. The van der Waals surface area contributed by atoms with Crippen molar-refractivity contribution in [1.29, 1.82) is 0 Å². The summed E-state index contributed by atoms with van der Waals surface area (Å²) >= 11 is 0. The van der Waals surface area contributed by atoms with Crippen LogP contribution in [0.5, 0.6) is 0 Å². The van der Waals surface area contributed by atoms with E-state index in [0.717, 1.165) is 24.0 Å². The van der Waals surface area contributed by atoms with Gasteiger partial charge in [-0.2, -0.15) is 0 Å². The maximum atomic E-state index is 12.2. The monoisotopic (exact) mass is 280 g/mol. The number of carbonyl (C=O) groups is 1. The molecule has 110 valence electrons. The second kappa shape index (κ2) is 5.62. The van der Waals surface area contributed by atoms with Crippen molar-refractivity contribution < 1.29 is 4.79 Å². The summed E-state index contributed by atoms with van der Waals surface area (Å²) in [5.41, 5.74) is -0.291. The molecule has 0 radical (unpaired) electrons. The molecule has 7 nitrogen and oxygen atoms in total. The van der Waals surface area contributed by atoms with Crippen molar-refractivity contribution >= 4 is 5.91 Å². The van der Waals surface area contributed by atoms with E-state index >= 15 is 0 Å². The fourth-order valence-corrected chi connectivity index (χ4v) is 2.49. The standard InChI is InChI=1S/C13H20N4O3/c1-15(12(19)10-5-4-6-14-10)7-9-8-16(2)13(20)17(3)11(9)18/h8,10,14H,4-7H2,1-3H3/t10-/m0/s1. The quantitative estimate of drug-likeness (QED) is 0.754. The van der Waals surface area contributed by atoms with Crippen LogP contribution in [0.15, 0.2) is 15.8 Å². The van der Waals surface area contributed by atoms with Crippen LogP contribution in [0.3, 0.4) is 0 Å². The second-order valence-electron chi connectivity index (χ2n) is 5.26. The minimum Gasteiger partial charge on any atom is -0.340 e. The lowest BCUT2D eigenvalue weighted by Crippen LogP contribution is -2.44. The van der Waals surface area contributed by atoms with Crippen LogP contribution in [0, 0.1) is 0 Å². The Morgan fingerprint density at radius 3 is 2.75 bits per heavy atom. The molecule has 1 aliphatic heterocycles. The van der Waals surface area contributed by atoms with Gasteiger partial charge in [-0.1, -0.05) is 0 Å². The first kappa shape index (κ1) is 14.5. The van der Waals surface area contributed by atoms with E-state index in [4.69, 9.17) is 0 Å². The van der Waals surface area contributed by atoms with Crippen LogP contribution in [0.4, 0.5) is 0 Å². The van der Waals surface area contributed by atoms with Crippen LogP contribution in [0.2, 0.25) is 0 Å². The van der Waals surface area contributed by atoms with Gasteiger partial charge in [0, 0.05) is 27.3 Å². The number of nitrogens with one attached hydrogen (secondary N) is 1. The average Bonchev–Trinajstić information content (AvgIpc) is 2.95. The highest BCUT2D eigenvalue weighted by molar-refractivity contribution is 5.81. The Morgan fingerprint density at radius 1 is 1.45 bits per heavy atom. The summed E-state index contributed by atoms with van der Waals surface area (Å²) in [5, 5.41) is 3.14. The number of amides is 1. The summed E-state index contributed by atoms with van der Waals surface area (Å²) in [5.74, 6) is -0.0154. The number of aromatic nitrogens is 2. The highest BCUT2D eigenvalue weighted by atomic mass is 16.2. The molecule has 20 heavy (non-hydrogen) atoms. The van der Waals surface area contributed by atoms with Crippen molar-refractivity contribution in [2.24, 2.45) is 14.1 Å². The van der Waals surface area contributed by atoms with E-state index in [2.05, 4.69) is 5.32 Å². The van der Waals surface area contributed by atoms with Gasteiger partial charge >= 0.3 is 5.69 Å². The molecule has 1 fully saturated rings. The number of likely N-dealkylation sites (N-methyl/N-ethyl adjacent to an activating group) is 1. The smallest absolute Gasteiger partial charge is 0.330 e. The highest BCUT2D eigenvalue weighted by Crippen LogP contribution is 2.09. The number of hydrogen-bond donors (Lipinski definition) is 1. The van der Waals surface area contributed by atoms with Crippen molar-refractivity contribution in [3.63, 3.8) is 0 Å². The molecule has 7 heteroatoms. The lowest BCUT2D eigenvalue weighted by atomic mass is 10.2. The summed E-state index contributed by atoms with van der Waals surface area (Å²) < 4.78 is 2.41. The molecule has 0 unspecified atom stereocenters. The third kappa shape index (κ3) is 2.67. The van der Waals surface area contributed by atoms with Gasteiger partial charge in [-0.05, 0) is 19.4 Å². The molecule has 1 amide bonds. The highest BCUT2D eigenvalue weighted by Gasteiger charge is 2.25. The van der Waals surface area contributed by atoms with Crippen molar-refractivity contribution in [2.75, 3.05) is 13.6 Å². The van der Waals surface area contributed by atoms with Crippen molar-refractivity contribution in [2.45, 2.75) is 25.4 Å².